The molecule has 5 nitrogen and oxygen atoms in total. The third-order valence-electron chi connectivity index (χ3n) is 4.07. The fourth-order valence-electron chi connectivity index (χ4n) is 3.00. The van der Waals surface area contributed by atoms with Crippen LogP contribution in [-0.4, -0.2) is 38.4 Å². The number of nitrogens with one attached hydrogen (secondary N) is 1. The van der Waals surface area contributed by atoms with Crippen molar-refractivity contribution in [2.75, 3.05) is 13.1 Å². The Hall–Kier alpha value is -1.40. The van der Waals surface area contributed by atoms with Gasteiger partial charge in [-0.05, 0) is 56.9 Å². The number of carbonyl (C=O) groups excluding carboxylic acids is 1. The highest BCUT2D eigenvalue weighted by molar-refractivity contribution is 7.89. The van der Waals surface area contributed by atoms with Crippen molar-refractivity contribution in [1.29, 1.82) is 0 Å². The number of amides is 1. The smallest absolute Gasteiger partial charge is 0.253 e. The summed E-state index contributed by atoms with van der Waals surface area (Å²) in [6.45, 7) is 7.31. The van der Waals surface area contributed by atoms with Crippen LogP contribution in [0.3, 0.4) is 0 Å². The van der Waals surface area contributed by atoms with Crippen LogP contribution in [0.25, 0.3) is 0 Å². The maximum atomic E-state index is 12.5. The molecule has 1 aromatic rings. The van der Waals surface area contributed by atoms with E-state index in [1.54, 1.807) is 26.0 Å². The van der Waals surface area contributed by atoms with Crippen LogP contribution in [0.5, 0.6) is 0 Å². The summed E-state index contributed by atoms with van der Waals surface area (Å²) >= 11 is 0. The Morgan fingerprint density at radius 3 is 2.52 bits per heavy atom. The number of benzene rings is 1. The van der Waals surface area contributed by atoms with Gasteiger partial charge in [-0.2, -0.15) is 0 Å². The predicted octanol–water partition coefficient (Wildman–Crippen LogP) is 2.64. The van der Waals surface area contributed by atoms with E-state index in [0.717, 1.165) is 32.4 Å². The van der Waals surface area contributed by atoms with Gasteiger partial charge in [0.15, 0.2) is 0 Å². The molecule has 0 saturated carbocycles. The van der Waals surface area contributed by atoms with Crippen LogP contribution in [0.4, 0.5) is 0 Å². The Morgan fingerprint density at radius 1 is 1.30 bits per heavy atom. The van der Waals surface area contributed by atoms with Crippen LogP contribution >= 0.6 is 0 Å². The van der Waals surface area contributed by atoms with Crippen LogP contribution in [-0.2, 0) is 10.0 Å². The summed E-state index contributed by atoms with van der Waals surface area (Å²) in [6.07, 6.45) is 3.36. The molecule has 0 unspecified atom stereocenters. The van der Waals surface area contributed by atoms with Crippen molar-refractivity contribution in [1.82, 2.24) is 9.62 Å². The summed E-state index contributed by atoms with van der Waals surface area (Å²) in [7, 11) is -3.51. The van der Waals surface area contributed by atoms with E-state index in [9.17, 15) is 13.2 Å². The van der Waals surface area contributed by atoms with Crippen molar-refractivity contribution in [3.63, 3.8) is 0 Å². The largest absolute Gasteiger partial charge is 0.338 e. The predicted molar refractivity (Wildman–Crippen MR) is 90.8 cm³/mol. The lowest BCUT2D eigenvalue weighted by Gasteiger charge is -2.17. The van der Waals surface area contributed by atoms with Gasteiger partial charge in [0, 0.05) is 24.7 Å². The number of likely N-dealkylation sites (tertiary alicyclic amines) is 1. The fraction of sp³-hybridized carbons (Fsp3) is 0.588. The number of sulfonamides is 1. The van der Waals surface area contributed by atoms with E-state index in [-0.39, 0.29) is 16.8 Å². The van der Waals surface area contributed by atoms with E-state index in [4.69, 9.17) is 0 Å². The van der Waals surface area contributed by atoms with Gasteiger partial charge in [0.05, 0.1) is 4.90 Å². The Morgan fingerprint density at radius 2 is 1.96 bits per heavy atom. The zero-order chi connectivity index (χ0) is 17.0. The van der Waals surface area contributed by atoms with Gasteiger partial charge < -0.3 is 4.90 Å². The van der Waals surface area contributed by atoms with E-state index in [1.807, 2.05) is 4.90 Å². The molecule has 0 radical (unpaired) electrons. The summed E-state index contributed by atoms with van der Waals surface area (Å²) in [5, 5.41) is 0. The second-order valence-corrected chi connectivity index (χ2v) is 8.21. The first-order valence-corrected chi connectivity index (χ1v) is 9.73. The van der Waals surface area contributed by atoms with Gasteiger partial charge in [0.1, 0.15) is 0 Å². The van der Waals surface area contributed by atoms with Gasteiger partial charge in [-0.3, -0.25) is 4.79 Å². The van der Waals surface area contributed by atoms with Gasteiger partial charge in [-0.15, -0.1) is 0 Å². The lowest BCUT2D eigenvalue weighted by molar-refractivity contribution is 0.0786. The molecule has 0 spiro atoms. The molecule has 1 aliphatic heterocycles. The van der Waals surface area contributed by atoms with Crippen molar-refractivity contribution >= 4 is 15.9 Å². The van der Waals surface area contributed by atoms with E-state index < -0.39 is 10.0 Å². The summed E-state index contributed by atoms with van der Waals surface area (Å²) in [5.74, 6) is 0.586. The van der Waals surface area contributed by atoms with Crippen LogP contribution in [0, 0.1) is 5.92 Å². The molecule has 1 fully saturated rings. The lowest BCUT2D eigenvalue weighted by Crippen LogP contribution is -2.30. The Bertz CT molecular complexity index is 638. The molecular weight excluding hydrogens is 312 g/mol. The quantitative estimate of drug-likeness (QED) is 0.867. The fourth-order valence-corrected chi connectivity index (χ4v) is 4.25. The highest BCUT2D eigenvalue weighted by Gasteiger charge is 2.26. The summed E-state index contributed by atoms with van der Waals surface area (Å²) < 4.78 is 26.7. The van der Waals surface area contributed by atoms with Crippen molar-refractivity contribution in [2.45, 2.75) is 51.0 Å². The number of rotatable bonds is 6. The van der Waals surface area contributed by atoms with Crippen LogP contribution in [0.15, 0.2) is 29.2 Å². The molecule has 1 amide bonds. The van der Waals surface area contributed by atoms with Gasteiger partial charge >= 0.3 is 0 Å². The molecular formula is C17H26N2O3S. The second kappa shape index (κ2) is 7.45. The van der Waals surface area contributed by atoms with Crippen LogP contribution in [0.1, 0.15) is 50.4 Å². The van der Waals surface area contributed by atoms with Crippen molar-refractivity contribution in [2.24, 2.45) is 5.92 Å². The lowest BCUT2D eigenvalue weighted by atomic mass is 10.0. The second-order valence-electron chi connectivity index (χ2n) is 6.49. The first-order chi connectivity index (χ1) is 10.8. The summed E-state index contributed by atoms with van der Waals surface area (Å²) in [4.78, 5) is 14.6. The number of nitrogens with zero attached hydrogens (tertiary/aromatic N) is 1. The first-order valence-electron chi connectivity index (χ1n) is 8.25. The van der Waals surface area contributed by atoms with Gasteiger partial charge in [0.2, 0.25) is 10.0 Å². The molecule has 1 aromatic carbocycles. The van der Waals surface area contributed by atoms with Crippen LogP contribution < -0.4 is 4.72 Å². The SMILES string of the molecule is CCC[C@H]1CCN(C(=O)c2ccc(S(=O)(=O)NC(C)C)cc2)C1. The zero-order valence-corrected chi connectivity index (χ0v) is 14.9. The number of hydrogen-bond acceptors (Lipinski definition) is 3. The monoisotopic (exact) mass is 338 g/mol. The molecule has 1 N–H and O–H groups in total. The van der Waals surface area contributed by atoms with E-state index in [1.165, 1.54) is 12.1 Å². The highest BCUT2D eigenvalue weighted by atomic mass is 32.2. The molecule has 1 saturated heterocycles. The third kappa shape index (κ3) is 4.54. The average Bonchev–Trinajstić information content (AvgIpc) is 2.94. The van der Waals surface area contributed by atoms with Crippen molar-refractivity contribution < 1.29 is 13.2 Å². The summed E-state index contributed by atoms with van der Waals surface area (Å²) in [6, 6.07) is 6.03. The van der Waals surface area contributed by atoms with Gasteiger partial charge in [-0.1, -0.05) is 13.3 Å². The Balaban J connectivity index is 2.06. The summed E-state index contributed by atoms with van der Waals surface area (Å²) in [5.41, 5.74) is 0.547. The third-order valence-corrected chi connectivity index (χ3v) is 5.75. The Labute approximate surface area is 139 Å². The molecule has 0 aromatic heterocycles. The minimum atomic E-state index is -3.51. The molecule has 2 rings (SSSR count). The first kappa shape index (κ1) is 17.9. The molecule has 1 heterocycles. The van der Waals surface area contributed by atoms with Crippen molar-refractivity contribution in [3.05, 3.63) is 29.8 Å². The molecule has 1 atom stereocenters. The topological polar surface area (TPSA) is 66.5 Å². The molecule has 128 valence electrons. The standard InChI is InChI=1S/C17H26N2O3S/c1-4-5-14-10-11-19(12-14)17(20)15-6-8-16(9-7-15)23(21,22)18-13(2)3/h6-9,13-14,18H,4-5,10-12H2,1-3H3/t14-/m0/s1. The van der Waals surface area contributed by atoms with Crippen LogP contribution in [0.2, 0.25) is 0 Å². The minimum absolute atomic E-state index is 0.00984. The Kier molecular flexibility index (Phi) is 5.81. The average molecular weight is 338 g/mol. The molecule has 23 heavy (non-hydrogen) atoms. The maximum absolute atomic E-state index is 12.5. The maximum Gasteiger partial charge on any atom is 0.253 e. The number of carbonyl (C=O) groups is 1. The minimum Gasteiger partial charge on any atom is -0.338 e. The van der Waals surface area contributed by atoms with Gasteiger partial charge in [0.25, 0.3) is 5.91 Å². The molecule has 6 heteroatoms. The van der Waals surface area contributed by atoms with E-state index >= 15 is 0 Å². The van der Waals surface area contributed by atoms with Crippen molar-refractivity contribution in [3.8, 4) is 0 Å². The highest BCUT2D eigenvalue weighted by Crippen LogP contribution is 2.23. The molecule has 0 bridgehead atoms. The normalized spacial score (nSPS) is 18.6. The zero-order valence-electron chi connectivity index (χ0n) is 14.1. The van der Waals surface area contributed by atoms with E-state index in [2.05, 4.69) is 11.6 Å². The molecule has 0 aliphatic carbocycles. The van der Waals surface area contributed by atoms with Gasteiger partial charge in [-0.25, -0.2) is 13.1 Å². The van der Waals surface area contributed by atoms with E-state index in [0.29, 0.717) is 11.5 Å². The molecule has 1 aliphatic rings. The number of hydrogen-bond donors (Lipinski definition) is 1.